The molecular weight excluding hydrogens is 304 g/mol. The summed E-state index contributed by atoms with van der Waals surface area (Å²) in [6.07, 6.45) is 0.472. The molecule has 0 fully saturated rings. The third-order valence-electron chi connectivity index (χ3n) is 4.77. The van der Waals surface area contributed by atoms with Gasteiger partial charge >= 0.3 is 0 Å². The molecule has 0 bridgehead atoms. The maximum absolute atomic E-state index is 10.7. The number of aromatic nitrogens is 2. The van der Waals surface area contributed by atoms with Gasteiger partial charge in [-0.15, -0.1) is 0 Å². The highest BCUT2D eigenvalue weighted by Crippen LogP contribution is 2.45. The van der Waals surface area contributed by atoms with Crippen LogP contribution in [0.15, 0.2) is 48.2 Å². The molecule has 2 aliphatic rings. The number of aliphatic hydroxyl groups excluding tert-OH is 1. The number of fused-ring (bicyclic) bond motifs is 4. The quantitative estimate of drug-likeness (QED) is 0.554. The normalized spacial score (nSPS) is 19.2. The van der Waals surface area contributed by atoms with Gasteiger partial charge in [0.05, 0.1) is 28.3 Å². The summed E-state index contributed by atoms with van der Waals surface area (Å²) in [4.78, 5) is 9.44. The largest absolute Gasteiger partial charge is 0.509 e. The van der Waals surface area contributed by atoms with E-state index in [0.29, 0.717) is 17.8 Å². The fourth-order valence-corrected chi connectivity index (χ4v) is 3.66. The van der Waals surface area contributed by atoms with Gasteiger partial charge in [0, 0.05) is 12.0 Å². The molecule has 0 saturated carbocycles. The van der Waals surface area contributed by atoms with Crippen LogP contribution in [0.1, 0.15) is 11.4 Å². The predicted molar refractivity (Wildman–Crippen MR) is 91.4 cm³/mol. The number of aromatic amines is 1. The number of aromatic hydroxyl groups is 1. The predicted octanol–water partition coefficient (Wildman–Crippen LogP) is 2.96. The number of hydrogen-bond acceptors (Lipinski definition) is 4. The Morgan fingerprint density at radius 3 is 2.79 bits per heavy atom. The monoisotopic (exact) mass is 318 g/mol. The Morgan fingerprint density at radius 1 is 1.12 bits per heavy atom. The molecule has 0 spiro atoms. The minimum atomic E-state index is -0.357. The number of benzene rings is 2. The average Bonchev–Trinajstić information content (AvgIpc) is 3.21. The van der Waals surface area contributed by atoms with Crippen LogP contribution in [0.2, 0.25) is 0 Å². The number of imidazole rings is 1. The molecule has 2 aromatic carbocycles. The van der Waals surface area contributed by atoms with Gasteiger partial charge in [-0.25, -0.2) is 4.98 Å². The van der Waals surface area contributed by atoms with Gasteiger partial charge in [-0.1, -0.05) is 18.2 Å². The number of rotatable bonds is 1. The van der Waals surface area contributed by atoms with Crippen molar-refractivity contribution in [2.45, 2.75) is 12.5 Å². The van der Waals surface area contributed by atoms with Crippen molar-refractivity contribution in [2.75, 3.05) is 4.90 Å². The lowest BCUT2D eigenvalue weighted by molar-refractivity contribution is 0.378. The Balaban J connectivity index is 1.65. The summed E-state index contributed by atoms with van der Waals surface area (Å²) < 4.78 is 0. The van der Waals surface area contributed by atoms with Crippen LogP contribution in [-0.4, -0.2) is 32.1 Å². The summed E-state index contributed by atoms with van der Waals surface area (Å²) in [6.45, 7) is 0. The Hall–Kier alpha value is -3.28. The summed E-state index contributed by atoms with van der Waals surface area (Å²) in [5, 5.41) is 29.3. The third-order valence-corrected chi connectivity index (χ3v) is 4.77. The van der Waals surface area contributed by atoms with Crippen molar-refractivity contribution < 1.29 is 10.2 Å². The molecule has 1 atom stereocenters. The van der Waals surface area contributed by atoms with E-state index in [2.05, 4.69) is 9.97 Å². The molecule has 0 radical (unpaired) electrons. The molecule has 0 aliphatic carbocycles. The molecule has 1 unspecified atom stereocenters. The second-order valence-corrected chi connectivity index (χ2v) is 6.08. The first kappa shape index (κ1) is 13.2. The number of H-pyrrole nitrogens is 1. The Labute approximate surface area is 137 Å². The Morgan fingerprint density at radius 2 is 1.96 bits per heavy atom. The number of nitrogens with one attached hydrogen (secondary N) is 2. The lowest BCUT2D eigenvalue weighted by Crippen LogP contribution is -2.31. The van der Waals surface area contributed by atoms with Gasteiger partial charge in [-0.3, -0.25) is 5.41 Å². The minimum Gasteiger partial charge on any atom is -0.509 e. The van der Waals surface area contributed by atoms with E-state index in [9.17, 15) is 10.2 Å². The zero-order valence-corrected chi connectivity index (χ0v) is 12.6. The van der Waals surface area contributed by atoms with E-state index in [4.69, 9.17) is 5.41 Å². The first-order valence-corrected chi connectivity index (χ1v) is 7.72. The molecule has 24 heavy (non-hydrogen) atoms. The summed E-state index contributed by atoms with van der Waals surface area (Å²) in [5.74, 6) is 1.01. The Bertz CT molecular complexity index is 1020. The van der Waals surface area contributed by atoms with Crippen LogP contribution >= 0.6 is 0 Å². The first-order valence-electron chi connectivity index (χ1n) is 7.72. The lowest BCUT2D eigenvalue weighted by Gasteiger charge is -2.19. The number of nitrogens with zero attached hydrogens (tertiary/aromatic N) is 2. The van der Waals surface area contributed by atoms with Gasteiger partial charge in [0.25, 0.3) is 0 Å². The van der Waals surface area contributed by atoms with Crippen molar-refractivity contribution in [3.8, 4) is 5.75 Å². The van der Waals surface area contributed by atoms with Gasteiger partial charge in [-0.2, -0.15) is 0 Å². The van der Waals surface area contributed by atoms with Gasteiger partial charge in [-0.05, 0) is 24.3 Å². The minimum absolute atomic E-state index is 0.120. The molecule has 2 aliphatic heterocycles. The molecular formula is C18H14N4O2. The zero-order valence-electron chi connectivity index (χ0n) is 12.6. The zero-order chi connectivity index (χ0) is 16.4. The molecule has 5 rings (SSSR count). The van der Waals surface area contributed by atoms with Gasteiger partial charge < -0.3 is 20.1 Å². The number of phenols is 1. The maximum atomic E-state index is 10.7. The van der Waals surface area contributed by atoms with Crippen LogP contribution in [0.25, 0.3) is 16.6 Å². The Kier molecular flexibility index (Phi) is 2.41. The van der Waals surface area contributed by atoms with Crippen molar-refractivity contribution in [3.05, 3.63) is 59.6 Å². The molecule has 4 N–H and O–H groups in total. The van der Waals surface area contributed by atoms with Crippen LogP contribution in [0, 0.1) is 5.41 Å². The first-order chi connectivity index (χ1) is 11.6. The molecule has 3 heterocycles. The van der Waals surface area contributed by atoms with E-state index in [1.807, 2.05) is 30.3 Å². The number of amidine groups is 1. The topological polar surface area (TPSA) is 96.2 Å². The van der Waals surface area contributed by atoms with E-state index in [1.54, 1.807) is 17.0 Å². The fourth-order valence-electron chi connectivity index (χ4n) is 3.66. The molecule has 0 saturated heterocycles. The van der Waals surface area contributed by atoms with E-state index in [0.717, 1.165) is 22.3 Å². The van der Waals surface area contributed by atoms with Crippen molar-refractivity contribution in [1.82, 2.24) is 9.97 Å². The van der Waals surface area contributed by atoms with Crippen molar-refractivity contribution in [2.24, 2.45) is 0 Å². The van der Waals surface area contributed by atoms with Crippen LogP contribution in [0.3, 0.4) is 0 Å². The number of para-hydroxylation sites is 2. The van der Waals surface area contributed by atoms with Crippen molar-refractivity contribution in [1.29, 1.82) is 5.41 Å². The molecule has 118 valence electrons. The number of aliphatic hydroxyl groups is 1. The highest BCUT2D eigenvalue weighted by Gasteiger charge is 2.45. The lowest BCUT2D eigenvalue weighted by atomic mass is 10.1. The van der Waals surface area contributed by atoms with E-state index in [-0.39, 0.29) is 23.4 Å². The standard InChI is InChI=1S/C18H14N4O2/c19-17-15(18-20-10-4-1-2-5-11(10)21-18)16(24)13-8-9-12(22(13)17)6-3-7-14(9)23/h1-7,13,19,23-24H,8H2,(H,20,21). The summed E-state index contributed by atoms with van der Waals surface area (Å²) >= 11 is 0. The van der Waals surface area contributed by atoms with Crippen molar-refractivity contribution in [3.63, 3.8) is 0 Å². The fraction of sp³-hybridized carbons (Fsp3) is 0.111. The smallest absolute Gasteiger partial charge is 0.145 e. The van der Waals surface area contributed by atoms with Crippen LogP contribution < -0.4 is 4.90 Å². The SMILES string of the molecule is N=C1C(c2nc3ccccc3[nH]2)=C(O)C2Cc3c(O)cccc3N12. The van der Waals surface area contributed by atoms with Crippen LogP contribution in [0.4, 0.5) is 5.69 Å². The maximum Gasteiger partial charge on any atom is 0.145 e. The molecule has 3 aromatic rings. The van der Waals surface area contributed by atoms with Crippen molar-refractivity contribution >= 4 is 28.1 Å². The van der Waals surface area contributed by atoms with Crippen LogP contribution in [-0.2, 0) is 6.42 Å². The summed E-state index contributed by atoms with van der Waals surface area (Å²) in [5.41, 5.74) is 3.62. The summed E-state index contributed by atoms with van der Waals surface area (Å²) in [7, 11) is 0. The van der Waals surface area contributed by atoms with Gasteiger partial charge in [0.2, 0.25) is 0 Å². The number of hydrogen-bond donors (Lipinski definition) is 4. The van der Waals surface area contributed by atoms with Gasteiger partial charge in [0.1, 0.15) is 23.2 Å². The molecule has 6 nitrogen and oxygen atoms in total. The van der Waals surface area contributed by atoms with Gasteiger partial charge in [0.15, 0.2) is 0 Å². The highest BCUT2D eigenvalue weighted by atomic mass is 16.3. The van der Waals surface area contributed by atoms with E-state index < -0.39 is 0 Å². The molecule has 1 aromatic heterocycles. The van der Waals surface area contributed by atoms with E-state index in [1.165, 1.54) is 0 Å². The molecule has 0 amide bonds. The third kappa shape index (κ3) is 1.54. The highest BCUT2D eigenvalue weighted by molar-refractivity contribution is 6.31. The average molecular weight is 318 g/mol. The summed E-state index contributed by atoms with van der Waals surface area (Å²) in [6, 6.07) is 12.5. The second-order valence-electron chi connectivity index (χ2n) is 6.08. The second kappa shape index (κ2) is 4.38. The molecule has 6 heteroatoms. The van der Waals surface area contributed by atoms with E-state index >= 15 is 0 Å². The number of phenolic OH excluding ortho intramolecular Hbond substituents is 1. The van der Waals surface area contributed by atoms with Crippen LogP contribution in [0.5, 0.6) is 5.75 Å². The number of anilines is 1.